The first-order chi connectivity index (χ1) is 13.0. The van der Waals surface area contributed by atoms with Crippen molar-refractivity contribution in [2.24, 2.45) is 0 Å². The zero-order valence-corrected chi connectivity index (χ0v) is 15.5. The summed E-state index contributed by atoms with van der Waals surface area (Å²) >= 11 is 1.64. The molecule has 3 aromatic rings. The van der Waals surface area contributed by atoms with Crippen molar-refractivity contribution in [3.05, 3.63) is 57.2 Å². The Kier molecular flexibility index (Phi) is 4.44. The van der Waals surface area contributed by atoms with E-state index in [-0.39, 0.29) is 11.6 Å². The standard InChI is InChI=1S/C18H17N5O3S/c1-12-9-15-16(19-11-20-17(15)27-12)21-5-7-22(8-6-21)18(24)13-3-2-4-14(10-13)23(25)26/h2-4,9-11H,5-8H2,1H3. The van der Waals surface area contributed by atoms with E-state index in [1.165, 1.54) is 23.1 Å². The Morgan fingerprint density at radius 2 is 1.96 bits per heavy atom. The van der Waals surface area contributed by atoms with Crippen molar-refractivity contribution in [3.8, 4) is 0 Å². The monoisotopic (exact) mass is 383 g/mol. The van der Waals surface area contributed by atoms with Crippen molar-refractivity contribution in [1.82, 2.24) is 14.9 Å². The van der Waals surface area contributed by atoms with Gasteiger partial charge in [-0.3, -0.25) is 14.9 Å². The SMILES string of the molecule is Cc1cc2c(N3CCN(C(=O)c4cccc([N+](=O)[O-])c4)CC3)ncnc2s1. The number of benzene rings is 1. The Hall–Kier alpha value is -3.07. The van der Waals surface area contributed by atoms with Crippen LogP contribution in [0, 0.1) is 17.0 Å². The number of amides is 1. The summed E-state index contributed by atoms with van der Waals surface area (Å²) in [5, 5.41) is 12.0. The number of rotatable bonds is 3. The van der Waals surface area contributed by atoms with Crippen LogP contribution < -0.4 is 4.90 Å². The van der Waals surface area contributed by atoms with E-state index in [1.54, 1.807) is 28.6 Å². The van der Waals surface area contributed by atoms with Gasteiger partial charge in [0.25, 0.3) is 11.6 Å². The number of nitro groups is 1. The molecule has 0 N–H and O–H groups in total. The summed E-state index contributed by atoms with van der Waals surface area (Å²) in [6.07, 6.45) is 1.58. The van der Waals surface area contributed by atoms with Crippen molar-refractivity contribution in [2.45, 2.75) is 6.92 Å². The number of piperazine rings is 1. The lowest BCUT2D eigenvalue weighted by Crippen LogP contribution is -2.49. The van der Waals surface area contributed by atoms with Gasteiger partial charge in [0.1, 0.15) is 17.0 Å². The molecule has 27 heavy (non-hydrogen) atoms. The predicted octanol–water partition coefficient (Wildman–Crippen LogP) is 2.87. The summed E-state index contributed by atoms with van der Waals surface area (Å²) in [7, 11) is 0. The van der Waals surface area contributed by atoms with Gasteiger partial charge in [-0.15, -0.1) is 11.3 Å². The normalized spacial score (nSPS) is 14.6. The van der Waals surface area contributed by atoms with E-state index in [2.05, 4.69) is 20.9 Å². The van der Waals surface area contributed by atoms with Gasteiger partial charge in [0.15, 0.2) is 0 Å². The van der Waals surface area contributed by atoms with Crippen LogP contribution in [-0.4, -0.2) is 51.9 Å². The van der Waals surface area contributed by atoms with Gasteiger partial charge >= 0.3 is 0 Å². The van der Waals surface area contributed by atoms with Gasteiger partial charge in [-0.05, 0) is 19.1 Å². The maximum atomic E-state index is 12.7. The Morgan fingerprint density at radius 3 is 2.70 bits per heavy atom. The molecule has 1 aromatic carbocycles. The van der Waals surface area contributed by atoms with Crippen LogP contribution in [-0.2, 0) is 0 Å². The summed E-state index contributed by atoms with van der Waals surface area (Å²) in [6, 6.07) is 7.96. The first kappa shape index (κ1) is 17.3. The number of aryl methyl sites for hydroxylation is 1. The van der Waals surface area contributed by atoms with Gasteiger partial charge in [-0.1, -0.05) is 6.07 Å². The zero-order chi connectivity index (χ0) is 19.0. The first-order valence-electron chi connectivity index (χ1n) is 8.53. The second-order valence-corrected chi connectivity index (χ2v) is 7.59. The molecule has 0 aliphatic carbocycles. The summed E-state index contributed by atoms with van der Waals surface area (Å²) in [5.41, 5.74) is 0.270. The number of hydrogen-bond donors (Lipinski definition) is 0. The molecule has 9 heteroatoms. The zero-order valence-electron chi connectivity index (χ0n) is 14.7. The Balaban J connectivity index is 1.49. The highest BCUT2D eigenvalue weighted by atomic mass is 32.1. The molecule has 1 amide bonds. The Bertz CT molecular complexity index is 1030. The van der Waals surface area contributed by atoms with Gasteiger partial charge in [0.2, 0.25) is 0 Å². The van der Waals surface area contributed by atoms with Gasteiger partial charge in [0.05, 0.1) is 10.3 Å². The second-order valence-electron chi connectivity index (χ2n) is 6.36. The number of carbonyl (C=O) groups excluding carboxylic acids is 1. The van der Waals surface area contributed by atoms with E-state index < -0.39 is 4.92 Å². The lowest BCUT2D eigenvalue weighted by Gasteiger charge is -2.35. The number of hydrogen-bond acceptors (Lipinski definition) is 7. The number of anilines is 1. The predicted molar refractivity (Wildman–Crippen MR) is 103 cm³/mol. The van der Waals surface area contributed by atoms with Gasteiger partial charge in [-0.25, -0.2) is 9.97 Å². The first-order valence-corrected chi connectivity index (χ1v) is 9.34. The van der Waals surface area contributed by atoms with Crippen molar-refractivity contribution in [1.29, 1.82) is 0 Å². The highest BCUT2D eigenvalue weighted by Crippen LogP contribution is 2.30. The molecular formula is C18H17N5O3S. The number of thiophene rings is 1. The molecule has 0 saturated carbocycles. The third-order valence-electron chi connectivity index (χ3n) is 4.60. The molecule has 0 bridgehead atoms. The van der Waals surface area contributed by atoms with E-state index in [1.807, 2.05) is 6.92 Å². The van der Waals surface area contributed by atoms with Crippen LogP contribution in [0.15, 0.2) is 36.7 Å². The average Bonchev–Trinajstić information content (AvgIpc) is 3.08. The molecule has 1 aliphatic rings. The third-order valence-corrected chi connectivity index (χ3v) is 5.56. The second kappa shape index (κ2) is 6.92. The molecule has 1 aliphatic heterocycles. The topological polar surface area (TPSA) is 92.5 Å². The van der Waals surface area contributed by atoms with E-state index in [4.69, 9.17) is 0 Å². The van der Waals surface area contributed by atoms with Crippen molar-refractivity contribution >= 4 is 39.0 Å². The minimum absolute atomic E-state index is 0.0734. The van der Waals surface area contributed by atoms with Crippen LogP contribution in [0.5, 0.6) is 0 Å². The lowest BCUT2D eigenvalue weighted by atomic mass is 10.1. The van der Waals surface area contributed by atoms with Gasteiger partial charge < -0.3 is 9.80 Å². The number of carbonyl (C=O) groups is 1. The molecule has 138 valence electrons. The van der Waals surface area contributed by atoms with Crippen molar-refractivity contribution < 1.29 is 9.72 Å². The fourth-order valence-electron chi connectivity index (χ4n) is 3.27. The molecule has 0 unspecified atom stereocenters. The Morgan fingerprint density at radius 1 is 1.19 bits per heavy atom. The maximum Gasteiger partial charge on any atom is 0.270 e. The van der Waals surface area contributed by atoms with Crippen LogP contribution in [0.2, 0.25) is 0 Å². The number of non-ortho nitro benzene ring substituents is 1. The maximum absolute atomic E-state index is 12.7. The molecule has 1 saturated heterocycles. The minimum atomic E-state index is -0.488. The summed E-state index contributed by atoms with van der Waals surface area (Å²) in [5.74, 6) is 0.712. The molecule has 0 spiro atoms. The van der Waals surface area contributed by atoms with Gasteiger partial charge in [-0.2, -0.15) is 0 Å². The third kappa shape index (κ3) is 3.33. The van der Waals surface area contributed by atoms with Crippen LogP contribution in [0.3, 0.4) is 0 Å². The molecule has 0 radical (unpaired) electrons. The molecule has 0 atom stereocenters. The summed E-state index contributed by atoms with van der Waals surface area (Å²) in [4.78, 5) is 37.9. The van der Waals surface area contributed by atoms with Crippen LogP contribution in [0.1, 0.15) is 15.2 Å². The van der Waals surface area contributed by atoms with E-state index in [9.17, 15) is 14.9 Å². The van der Waals surface area contributed by atoms with Gasteiger partial charge in [0, 0.05) is 48.8 Å². The fourth-order valence-corrected chi connectivity index (χ4v) is 4.11. The fraction of sp³-hybridized carbons (Fsp3) is 0.278. The number of nitro benzene ring substituents is 1. The van der Waals surface area contributed by atoms with Crippen LogP contribution >= 0.6 is 11.3 Å². The van der Waals surface area contributed by atoms with Crippen molar-refractivity contribution in [2.75, 3.05) is 31.1 Å². The van der Waals surface area contributed by atoms with Crippen LogP contribution in [0.25, 0.3) is 10.2 Å². The highest BCUT2D eigenvalue weighted by molar-refractivity contribution is 7.18. The van der Waals surface area contributed by atoms with E-state index >= 15 is 0 Å². The number of aromatic nitrogens is 2. The average molecular weight is 383 g/mol. The number of nitrogens with zero attached hydrogens (tertiary/aromatic N) is 5. The quantitative estimate of drug-likeness (QED) is 0.510. The minimum Gasteiger partial charge on any atom is -0.352 e. The molecule has 2 aromatic heterocycles. The number of fused-ring (bicyclic) bond motifs is 1. The lowest BCUT2D eigenvalue weighted by molar-refractivity contribution is -0.384. The molecule has 3 heterocycles. The Labute approximate surface area is 159 Å². The molecule has 4 rings (SSSR count). The van der Waals surface area contributed by atoms with E-state index in [0.717, 1.165) is 16.0 Å². The van der Waals surface area contributed by atoms with Crippen molar-refractivity contribution in [3.63, 3.8) is 0 Å². The molecule has 8 nitrogen and oxygen atoms in total. The molecular weight excluding hydrogens is 366 g/mol. The molecule has 1 fully saturated rings. The summed E-state index contributed by atoms with van der Waals surface area (Å²) in [6.45, 7) is 4.43. The smallest absolute Gasteiger partial charge is 0.270 e. The largest absolute Gasteiger partial charge is 0.352 e. The summed E-state index contributed by atoms with van der Waals surface area (Å²) < 4.78 is 0. The highest BCUT2D eigenvalue weighted by Gasteiger charge is 2.25. The van der Waals surface area contributed by atoms with Crippen LogP contribution in [0.4, 0.5) is 11.5 Å². The van der Waals surface area contributed by atoms with E-state index in [0.29, 0.717) is 31.7 Å².